The predicted molar refractivity (Wildman–Crippen MR) is 153 cm³/mol. The van der Waals surface area contributed by atoms with Crippen LogP contribution in [0, 0.1) is 5.92 Å². The Bertz CT molecular complexity index is 1350. The van der Waals surface area contributed by atoms with Crippen molar-refractivity contribution in [3.05, 3.63) is 108 Å². The van der Waals surface area contributed by atoms with Crippen LogP contribution in [-0.4, -0.2) is 30.6 Å². The Kier molecular flexibility index (Phi) is 8.74. The predicted octanol–water partition coefficient (Wildman–Crippen LogP) is 6.69. The van der Waals surface area contributed by atoms with Crippen LogP contribution in [0.3, 0.4) is 0 Å². The molecule has 1 saturated heterocycles. The molecule has 39 heavy (non-hydrogen) atoms. The molecule has 5 rings (SSSR count). The van der Waals surface area contributed by atoms with Crippen LogP contribution < -0.4 is 14.4 Å². The average molecular weight is 523 g/mol. The monoisotopic (exact) mass is 522 g/mol. The normalized spacial score (nSPS) is 13.6. The van der Waals surface area contributed by atoms with Gasteiger partial charge in [0.05, 0.1) is 12.5 Å². The van der Waals surface area contributed by atoms with E-state index in [2.05, 4.69) is 29.2 Å². The van der Waals surface area contributed by atoms with Crippen molar-refractivity contribution in [3.63, 3.8) is 0 Å². The van der Waals surface area contributed by atoms with Crippen LogP contribution in [0.25, 0.3) is 11.1 Å². The van der Waals surface area contributed by atoms with E-state index in [1.165, 1.54) is 0 Å². The number of carbonyl (C=O) groups is 1. The molecular weight excluding hydrogens is 488 g/mol. The van der Waals surface area contributed by atoms with Gasteiger partial charge < -0.3 is 19.1 Å². The van der Waals surface area contributed by atoms with Crippen molar-refractivity contribution in [2.45, 2.75) is 33.0 Å². The summed E-state index contributed by atoms with van der Waals surface area (Å²) < 4.78 is 17.5. The lowest BCUT2D eigenvalue weighted by Gasteiger charge is -2.32. The first kappa shape index (κ1) is 26.3. The average Bonchev–Trinajstić information content (AvgIpc) is 3.00. The number of piperidine rings is 1. The smallest absolute Gasteiger partial charge is 0.309 e. The zero-order valence-corrected chi connectivity index (χ0v) is 22.3. The molecule has 0 unspecified atom stereocenters. The van der Waals surface area contributed by atoms with Crippen molar-refractivity contribution in [3.8, 4) is 22.9 Å². The van der Waals surface area contributed by atoms with Gasteiger partial charge in [-0.3, -0.25) is 4.79 Å². The summed E-state index contributed by atoms with van der Waals surface area (Å²) >= 11 is 0. The van der Waals surface area contributed by atoms with Crippen LogP contribution >= 0.6 is 0 Å². The first-order chi connectivity index (χ1) is 19.2. The second kappa shape index (κ2) is 13.0. The van der Waals surface area contributed by atoms with E-state index in [1.54, 1.807) is 0 Å². The van der Waals surface area contributed by atoms with Crippen molar-refractivity contribution < 1.29 is 19.0 Å². The summed E-state index contributed by atoms with van der Waals surface area (Å²) in [5, 5.41) is 0. The number of hydrogen-bond acceptors (Lipinski definition) is 6. The Hall–Kier alpha value is -4.32. The molecule has 0 spiro atoms. The molecule has 0 aliphatic carbocycles. The molecule has 1 aromatic heterocycles. The molecule has 4 aromatic rings. The second-order valence-corrected chi connectivity index (χ2v) is 9.61. The first-order valence-electron chi connectivity index (χ1n) is 13.6. The molecule has 1 aliphatic heterocycles. The summed E-state index contributed by atoms with van der Waals surface area (Å²) in [7, 11) is 0. The maximum Gasteiger partial charge on any atom is 0.309 e. The van der Waals surface area contributed by atoms with Crippen molar-refractivity contribution in [1.29, 1.82) is 0 Å². The highest BCUT2D eigenvalue weighted by Gasteiger charge is 2.26. The fraction of sp³-hybridized carbons (Fsp3) is 0.273. The molecule has 2 heterocycles. The number of hydrogen-bond donors (Lipinski definition) is 0. The summed E-state index contributed by atoms with van der Waals surface area (Å²) in [6.07, 6.45) is 1.59. The maximum atomic E-state index is 12.2. The highest BCUT2D eigenvalue weighted by Crippen LogP contribution is 2.34. The third kappa shape index (κ3) is 6.96. The number of benzene rings is 3. The van der Waals surface area contributed by atoms with Gasteiger partial charge in [0.2, 0.25) is 11.8 Å². The number of pyridine rings is 1. The number of esters is 1. The van der Waals surface area contributed by atoms with Crippen LogP contribution in [0.1, 0.15) is 30.9 Å². The maximum absolute atomic E-state index is 12.2. The first-order valence-corrected chi connectivity index (χ1v) is 13.6. The Balaban J connectivity index is 1.35. The number of ether oxygens (including phenoxy) is 3. The third-order valence-electron chi connectivity index (χ3n) is 6.92. The van der Waals surface area contributed by atoms with Crippen LogP contribution in [0.15, 0.2) is 97.1 Å². The highest BCUT2D eigenvalue weighted by atomic mass is 16.5. The molecule has 3 aromatic carbocycles. The Labute approximate surface area is 230 Å². The fourth-order valence-electron chi connectivity index (χ4n) is 4.79. The molecule has 200 valence electrons. The number of nitrogens with zero attached hydrogens (tertiary/aromatic N) is 2. The topological polar surface area (TPSA) is 60.9 Å². The molecule has 0 N–H and O–H groups in total. The molecule has 1 aliphatic rings. The summed E-state index contributed by atoms with van der Waals surface area (Å²) in [6, 6.07) is 32.4. The minimum atomic E-state index is -0.0771. The van der Waals surface area contributed by atoms with Gasteiger partial charge in [0.25, 0.3) is 0 Å². The van der Waals surface area contributed by atoms with Gasteiger partial charge >= 0.3 is 5.97 Å². The summed E-state index contributed by atoms with van der Waals surface area (Å²) in [5.41, 5.74) is 5.19. The molecule has 6 heteroatoms. The van der Waals surface area contributed by atoms with E-state index in [0.29, 0.717) is 31.6 Å². The van der Waals surface area contributed by atoms with Crippen molar-refractivity contribution in [2.24, 2.45) is 5.92 Å². The van der Waals surface area contributed by atoms with Gasteiger partial charge in [0.15, 0.2) is 0 Å². The molecule has 0 saturated carbocycles. The van der Waals surface area contributed by atoms with Crippen molar-refractivity contribution >= 4 is 11.7 Å². The number of carbonyl (C=O) groups excluding carboxylic acids is 1. The van der Waals surface area contributed by atoms with E-state index in [4.69, 9.17) is 19.2 Å². The molecular formula is C33H34N2O4. The number of anilines is 1. The minimum Gasteiger partial charge on any atom is -0.473 e. The van der Waals surface area contributed by atoms with Gasteiger partial charge in [-0.15, -0.1) is 0 Å². The lowest BCUT2D eigenvalue weighted by Crippen LogP contribution is -2.36. The Morgan fingerprint density at radius 1 is 0.821 bits per heavy atom. The van der Waals surface area contributed by atoms with Gasteiger partial charge in [0, 0.05) is 30.4 Å². The second-order valence-electron chi connectivity index (χ2n) is 9.61. The lowest BCUT2D eigenvalue weighted by molar-refractivity contribution is -0.148. The molecule has 0 amide bonds. The zero-order chi connectivity index (χ0) is 26.9. The van der Waals surface area contributed by atoms with E-state index >= 15 is 0 Å². The van der Waals surface area contributed by atoms with Gasteiger partial charge in [-0.2, -0.15) is 4.98 Å². The molecule has 0 atom stereocenters. The standard InChI is InChI=1S/C33H34N2O4/c1-2-37-33(36)27-18-20-35(21-19-27)29-15-9-14-28(22-29)30-16-17-31(38-23-25-10-5-3-6-11-25)34-32(30)39-24-26-12-7-4-8-13-26/h3-17,22,27H,2,18-21,23-24H2,1H3. The van der Waals surface area contributed by atoms with Gasteiger partial charge in [-0.1, -0.05) is 72.8 Å². The fourth-order valence-corrected chi connectivity index (χ4v) is 4.79. The Morgan fingerprint density at radius 3 is 2.15 bits per heavy atom. The highest BCUT2D eigenvalue weighted by molar-refractivity contribution is 5.74. The summed E-state index contributed by atoms with van der Waals surface area (Å²) in [5.74, 6) is 0.951. The Morgan fingerprint density at radius 2 is 1.49 bits per heavy atom. The van der Waals surface area contributed by atoms with E-state index in [0.717, 1.165) is 53.9 Å². The van der Waals surface area contributed by atoms with E-state index in [1.807, 2.05) is 79.7 Å². The van der Waals surface area contributed by atoms with Crippen molar-refractivity contribution in [1.82, 2.24) is 4.98 Å². The quantitative estimate of drug-likeness (QED) is 0.216. The van der Waals surface area contributed by atoms with E-state index in [9.17, 15) is 4.79 Å². The van der Waals surface area contributed by atoms with Gasteiger partial charge in [-0.05, 0) is 54.7 Å². The zero-order valence-electron chi connectivity index (χ0n) is 22.3. The van der Waals surface area contributed by atoms with Gasteiger partial charge in [0.1, 0.15) is 13.2 Å². The van der Waals surface area contributed by atoms with Crippen LogP contribution in [0.4, 0.5) is 5.69 Å². The summed E-state index contributed by atoms with van der Waals surface area (Å²) in [6.45, 7) is 4.75. The van der Waals surface area contributed by atoms with E-state index < -0.39 is 0 Å². The molecule has 0 radical (unpaired) electrons. The van der Waals surface area contributed by atoms with Gasteiger partial charge in [-0.25, -0.2) is 0 Å². The van der Waals surface area contributed by atoms with E-state index in [-0.39, 0.29) is 11.9 Å². The summed E-state index contributed by atoms with van der Waals surface area (Å²) in [4.78, 5) is 19.3. The number of aromatic nitrogens is 1. The minimum absolute atomic E-state index is 0.0185. The number of rotatable bonds is 10. The molecule has 1 fully saturated rings. The van der Waals surface area contributed by atoms with Crippen LogP contribution in [-0.2, 0) is 22.7 Å². The SMILES string of the molecule is CCOC(=O)C1CCN(c2cccc(-c3ccc(OCc4ccccc4)nc3OCc3ccccc3)c2)CC1. The van der Waals surface area contributed by atoms with Crippen LogP contribution in [0.2, 0.25) is 0 Å². The van der Waals surface area contributed by atoms with Crippen LogP contribution in [0.5, 0.6) is 11.8 Å². The third-order valence-corrected chi connectivity index (χ3v) is 6.92. The molecule has 6 nitrogen and oxygen atoms in total. The van der Waals surface area contributed by atoms with Crippen molar-refractivity contribution in [2.75, 3.05) is 24.6 Å². The lowest BCUT2D eigenvalue weighted by atomic mass is 9.96. The largest absolute Gasteiger partial charge is 0.473 e. The molecule has 0 bridgehead atoms.